The maximum Gasteiger partial charge on any atom is 0.109 e. The van der Waals surface area contributed by atoms with Crippen molar-refractivity contribution in [2.75, 3.05) is 12.8 Å². The first-order valence-corrected chi connectivity index (χ1v) is 7.55. The van der Waals surface area contributed by atoms with Crippen LogP contribution in [0.5, 0.6) is 0 Å². The summed E-state index contributed by atoms with van der Waals surface area (Å²) >= 11 is 1.88. The molecule has 2 aromatic rings. The van der Waals surface area contributed by atoms with Crippen LogP contribution in [0.1, 0.15) is 24.4 Å². The molecule has 0 amide bonds. The van der Waals surface area contributed by atoms with Gasteiger partial charge in [-0.1, -0.05) is 12.1 Å². The number of thioether (sulfide) groups is 1. The van der Waals surface area contributed by atoms with Gasteiger partial charge < -0.3 is 9.88 Å². The molecule has 0 bridgehead atoms. The third kappa shape index (κ3) is 3.85. The number of imidazole rings is 1. The number of aryl methyl sites for hydroxylation is 2. The van der Waals surface area contributed by atoms with Gasteiger partial charge in [0.05, 0.1) is 0 Å². The summed E-state index contributed by atoms with van der Waals surface area (Å²) in [5.74, 6) is 2.21. The molecule has 1 atom stereocenters. The van der Waals surface area contributed by atoms with Crippen LogP contribution in [-0.4, -0.2) is 22.4 Å². The Hall–Kier alpha value is -1.26. The third-order valence-corrected chi connectivity index (χ3v) is 4.34. The van der Waals surface area contributed by atoms with Gasteiger partial charge in [0, 0.05) is 42.6 Å². The molecule has 1 N–H and O–H groups in total. The summed E-state index contributed by atoms with van der Waals surface area (Å²) in [6.45, 7) is 2.17. The highest BCUT2D eigenvalue weighted by Crippen LogP contribution is 2.21. The quantitative estimate of drug-likeness (QED) is 0.822. The molecule has 1 heterocycles. The Bertz CT molecular complexity index is 504. The lowest BCUT2D eigenvalue weighted by molar-refractivity contribution is 0.652. The molecule has 3 nitrogen and oxygen atoms in total. The summed E-state index contributed by atoms with van der Waals surface area (Å²) in [6.07, 6.45) is 4.85. The zero-order chi connectivity index (χ0) is 13.7. The summed E-state index contributed by atoms with van der Waals surface area (Å²) < 4.78 is 2.08. The zero-order valence-corrected chi connectivity index (χ0v) is 12.6. The average Bonchev–Trinajstić information content (AvgIpc) is 2.84. The Morgan fingerprint density at radius 1 is 1.32 bits per heavy atom. The van der Waals surface area contributed by atoms with Crippen LogP contribution in [0.2, 0.25) is 0 Å². The number of hydrogen-bond acceptors (Lipinski definition) is 3. The fraction of sp³-hybridized carbons (Fsp3) is 0.400. The second-order valence-electron chi connectivity index (χ2n) is 4.63. The summed E-state index contributed by atoms with van der Waals surface area (Å²) in [6, 6.07) is 9.21. The van der Waals surface area contributed by atoms with Crippen LogP contribution in [0.25, 0.3) is 0 Å². The van der Waals surface area contributed by atoms with Crippen molar-refractivity contribution in [2.45, 2.75) is 24.3 Å². The molecular formula is C15H21N3S. The van der Waals surface area contributed by atoms with Crippen molar-refractivity contribution in [2.24, 2.45) is 7.05 Å². The maximum atomic E-state index is 4.34. The zero-order valence-electron chi connectivity index (χ0n) is 11.8. The second kappa shape index (κ2) is 6.78. The number of hydrogen-bond donors (Lipinski definition) is 1. The van der Waals surface area contributed by atoms with Gasteiger partial charge in [0.15, 0.2) is 0 Å². The van der Waals surface area contributed by atoms with Gasteiger partial charge in [-0.25, -0.2) is 4.98 Å². The highest BCUT2D eigenvalue weighted by Gasteiger charge is 2.03. The standard InChI is InChI=1S/C15H21N3S/c1-12(16-2)13-4-6-14(7-5-13)19-11-8-15-17-9-10-18(15)3/h4-7,9-10,12,16H,8,11H2,1-3H3. The van der Waals surface area contributed by atoms with Gasteiger partial charge >= 0.3 is 0 Å². The molecular weight excluding hydrogens is 254 g/mol. The topological polar surface area (TPSA) is 29.9 Å². The van der Waals surface area contributed by atoms with E-state index in [1.165, 1.54) is 10.5 Å². The van der Waals surface area contributed by atoms with Gasteiger partial charge in [-0.15, -0.1) is 11.8 Å². The smallest absolute Gasteiger partial charge is 0.109 e. The van der Waals surface area contributed by atoms with E-state index in [2.05, 4.69) is 46.1 Å². The highest BCUT2D eigenvalue weighted by atomic mass is 32.2. The molecule has 2 rings (SSSR count). The Kier molecular flexibility index (Phi) is 5.05. The van der Waals surface area contributed by atoms with Crippen molar-refractivity contribution < 1.29 is 0 Å². The predicted molar refractivity (Wildman–Crippen MR) is 81.6 cm³/mol. The average molecular weight is 275 g/mol. The fourth-order valence-corrected chi connectivity index (χ4v) is 2.77. The number of aromatic nitrogens is 2. The molecule has 0 aliphatic heterocycles. The van der Waals surface area contributed by atoms with Gasteiger partial charge in [0.2, 0.25) is 0 Å². The third-order valence-electron chi connectivity index (χ3n) is 3.33. The van der Waals surface area contributed by atoms with E-state index in [1.54, 1.807) is 0 Å². The molecule has 102 valence electrons. The van der Waals surface area contributed by atoms with E-state index >= 15 is 0 Å². The van der Waals surface area contributed by atoms with Crippen LogP contribution >= 0.6 is 11.8 Å². The Morgan fingerprint density at radius 3 is 2.63 bits per heavy atom. The summed E-state index contributed by atoms with van der Waals surface area (Å²) in [4.78, 5) is 5.66. The minimum Gasteiger partial charge on any atom is -0.338 e. The van der Waals surface area contributed by atoms with Gasteiger partial charge in [-0.05, 0) is 31.7 Å². The van der Waals surface area contributed by atoms with E-state index in [4.69, 9.17) is 0 Å². The highest BCUT2D eigenvalue weighted by molar-refractivity contribution is 7.99. The Morgan fingerprint density at radius 2 is 2.05 bits per heavy atom. The summed E-state index contributed by atoms with van der Waals surface area (Å²) in [7, 11) is 4.03. The minimum atomic E-state index is 0.409. The van der Waals surface area contributed by atoms with E-state index in [1.807, 2.05) is 38.3 Å². The van der Waals surface area contributed by atoms with Crippen LogP contribution in [0, 0.1) is 0 Å². The van der Waals surface area contributed by atoms with Crippen LogP contribution in [0.4, 0.5) is 0 Å². The van der Waals surface area contributed by atoms with Gasteiger partial charge in [-0.3, -0.25) is 0 Å². The molecule has 0 saturated carbocycles. The summed E-state index contributed by atoms with van der Waals surface area (Å²) in [5.41, 5.74) is 1.33. The van der Waals surface area contributed by atoms with Crippen LogP contribution in [0.15, 0.2) is 41.6 Å². The number of nitrogens with zero attached hydrogens (tertiary/aromatic N) is 2. The number of rotatable bonds is 6. The van der Waals surface area contributed by atoms with Crippen LogP contribution < -0.4 is 5.32 Å². The molecule has 0 fully saturated rings. The van der Waals surface area contributed by atoms with Crippen molar-refractivity contribution in [3.63, 3.8) is 0 Å². The first kappa shape index (κ1) is 14.2. The molecule has 1 unspecified atom stereocenters. The molecule has 0 radical (unpaired) electrons. The second-order valence-corrected chi connectivity index (χ2v) is 5.80. The van der Waals surface area contributed by atoms with Crippen LogP contribution in [-0.2, 0) is 13.5 Å². The van der Waals surface area contributed by atoms with E-state index in [-0.39, 0.29) is 0 Å². The summed E-state index contributed by atoms with van der Waals surface area (Å²) in [5, 5.41) is 3.25. The first-order valence-electron chi connectivity index (χ1n) is 6.57. The van der Waals surface area contributed by atoms with E-state index in [0.29, 0.717) is 6.04 Å². The SMILES string of the molecule is CNC(C)c1ccc(SCCc2nccn2C)cc1. The lowest BCUT2D eigenvalue weighted by Gasteiger charge is -2.11. The largest absolute Gasteiger partial charge is 0.338 e. The monoisotopic (exact) mass is 275 g/mol. The molecule has 4 heteroatoms. The lowest BCUT2D eigenvalue weighted by atomic mass is 10.1. The van der Waals surface area contributed by atoms with Gasteiger partial charge in [0.1, 0.15) is 5.82 Å². The van der Waals surface area contributed by atoms with Crippen LogP contribution in [0.3, 0.4) is 0 Å². The van der Waals surface area contributed by atoms with Gasteiger partial charge in [-0.2, -0.15) is 0 Å². The van der Waals surface area contributed by atoms with E-state index < -0.39 is 0 Å². The normalized spacial score (nSPS) is 12.6. The number of benzene rings is 1. The lowest BCUT2D eigenvalue weighted by Crippen LogP contribution is -2.11. The van der Waals surface area contributed by atoms with Gasteiger partial charge in [0.25, 0.3) is 0 Å². The Labute approximate surface area is 119 Å². The first-order chi connectivity index (χ1) is 9.20. The molecule has 0 saturated heterocycles. The van der Waals surface area contributed by atoms with Crippen molar-refractivity contribution in [1.29, 1.82) is 0 Å². The van der Waals surface area contributed by atoms with Crippen molar-refractivity contribution in [3.8, 4) is 0 Å². The van der Waals surface area contributed by atoms with Crippen molar-refractivity contribution >= 4 is 11.8 Å². The number of nitrogens with one attached hydrogen (secondary N) is 1. The molecule has 1 aromatic carbocycles. The van der Waals surface area contributed by atoms with E-state index in [0.717, 1.165) is 18.0 Å². The van der Waals surface area contributed by atoms with Crippen molar-refractivity contribution in [3.05, 3.63) is 48.0 Å². The minimum absolute atomic E-state index is 0.409. The molecule has 0 aliphatic carbocycles. The van der Waals surface area contributed by atoms with Crippen molar-refractivity contribution in [1.82, 2.24) is 14.9 Å². The van der Waals surface area contributed by atoms with E-state index in [9.17, 15) is 0 Å². The molecule has 0 aliphatic rings. The maximum absolute atomic E-state index is 4.34. The molecule has 1 aromatic heterocycles. The Balaban J connectivity index is 1.85. The molecule has 0 spiro atoms. The molecule has 19 heavy (non-hydrogen) atoms. The fourth-order valence-electron chi connectivity index (χ4n) is 1.92. The predicted octanol–water partition coefficient (Wildman–Crippen LogP) is 3.04.